The molecule has 0 aromatic carbocycles. The third kappa shape index (κ3) is 2.45. The van der Waals surface area contributed by atoms with E-state index in [1.54, 1.807) is 0 Å². The van der Waals surface area contributed by atoms with Gasteiger partial charge in [0.1, 0.15) is 0 Å². The second kappa shape index (κ2) is 5.34. The minimum atomic E-state index is 0.199. The maximum absolute atomic E-state index is 6.00. The van der Waals surface area contributed by atoms with Crippen LogP contribution in [0.4, 0.5) is 0 Å². The topological polar surface area (TPSA) is 41.3 Å². The van der Waals surface area contributed by atoms with Crippen LogP contribution in [0.25, 0.3) is 0 Å². The molecule has 0 amide bonds. The molecular formula is C16H31N3. The van der Waals surface area contributed by atoms with E-state index in [0.717, 1.165) is 17.8 Å². The molecule has 3 rings (SSSR count). The summed E-state index contributed by atoms with van der Waals surface area (Å²) in [5, 5.41) is 0. The molecule has 1 saturated heterocycles. The van der Waals surface area contributed by atoms with Crippen LogP contribution in [0, 0.1) is 17.8 Å². The average molecular weight is 265 g/mol. The van der Waals surface area contributed by atoms with Crippen molar-refractivity contribution in [3.63, 3.8) is 0 Å². The first-order valence-corrected chi connectivity index (χ1v) is 8.34. The first-order valence-electron chi connectivity index (χ1n) is 8.34. The van der Waals surface area contributed by atoms with E-state index in [0.29, 0.717) is 6.04 Å². The van der Waals surface area contributed by atoms with Gasteiger partial charge in [0.2, 0.25) is 0 Å². The Labute approximate surface area is 118 Å². The number of likely N-dealkylation sites (tertiary alicyclic amines) is 1. The van der Waals surface area contributed by atoms with Crippen molar-refractivity contribution in [1.29, 1.82) is 0 Å². The van der Waals surface area contributed by atoms with Gasteiger partial charge in [-0.3, -0.25) is 16.2 Å². The molecule has 2 aliphatic carbocycles. The van der Waals surface area contributed by atoms with Crippen LogP contribution in [0.15, 0.2) is 0 Å². The van der Waals surface area contributed by atoms with Crippen LogP contribution in [0.3, 0.4) is 0 Å². The average Bonchev–Trinajstić information content (AvgIpc) is 3.03. The number of hydrogen-bond acceptors (Lipinski definition) is 3. The minimum Gasteiger partial charge on any atom is -0.297 e. The fraction of sp³-hybridized carbons (Fsp3) is 1.00. The van der Waals surface area contributed by atoms with E-state index in [1.165, 1.54) is 58.0 Å². The summed E-state index contributed by atoms with van der Waals surface area (Å²) in [6, 6.07) is 0.459. The molecule has 1 aliphatic heterocycles. The van der Waals surface area contributed by atoms with Crippen molar-refractivity contribution in [3.8, 4) is 0 Å². The second-order valence-corrected chi connectivity index (χ2v) is 7.68. The summed E-state index contributed by atoms with van der Waals surface area (Å²) in [4.78, 5) is 2.69. The van der Waals surface area contributed by atoms with E-state index >= 15 is 0 Å². The molecule has 0 radical (unpaired) electrons. The van der Waals surface area contributed by atoms with Gasteiger partial charge < -0.3 is 0 Å². The zero-order valence-corrected chi connectivity index (χ0v) is 12.7. The Kier molecular flexibility index (Phi) is 3.89. The van der Waals surface area contributed by atoms with Gasteiger partial charge in [0.05, 0.1) is 0 Å². The van der Waals surface area contributed by atoms with E-state index in [1.807, 2.05) is 0 Å². The summed E-state index contributed by atoms with van der Waals surface area (Å²) in [6.45, 7) is 7.33. The van der Waals surface area contributed by atoms with Gasteiger partial charge in [-0.15, -0.1) is 0 Å². The first-order chi connectivity index (χ1) is 9.13. The molecule has 3 aliphatic rings. The Morgan fingerprint density at radius 1 is 1.11 bits per heavy atom. The van der Waals surface area contributed by atoms with Crippen LogP contribution in [0.5, 0.6) is 0 Å². The molecule has 0 aromatic rings. The zero-order valence-electron chi connectivity index (χ0n) is 12.7. The van der Waals surface area contributed by atoms with Crippen molar-refractivity contribution in [2.24, 2.45) is 23.6 Å². The number of fused-ring (bicyclic) bond motifs is 2. The number of hydrazine groups is 1. The molecular weight excluding hydrogens is 234 g/mol. The normalized spacial score (nSPS) is 37.7. The lowest BCUT2D eigenvalue weighted by Crippen LogP contribution is -2.63. The molecule has 4 unspecified atom stereocenters. The lowest BCUT2D eigenvalue weighted by molar-refractivity contribution is 0.0282. The third-order valence-corrected chi connectivity index (χ3v) is 6.33. The summed E-state index contributed by atoms with van der Waals surface area (Å²) >= 11 is 0. The van der Waals surface area contributed by atoms with Crippen molar-refractivity contribution in [2.45, 2.75) is 70.4 Å². The number of nitrogens with one attached hydrogen (secondary N) is 1. The molecule has 4 atom stereocenters. The summed E-state index contributed by atoms with van der Waals surface area (Å²) in [5.74, 6) is 8.75. The Morgan fingerprint density at radius 3 is 2.37 bits per heavy atom. The highest BCUT2D eigenvalue weighted by Crippen LogP contribution is 2.51. The van der Waals surface area contributed by atoms with Crippen LogP contribution < -0.4 is 11.3 Å². The number of piperidine rings is 1. The van der Waals surface area contributed by atoms with E-state index in [4.69, 9.17) is 5.84 Å². The van der Waals surface area contributed by atoms with Gasteiger partial charge >= 0.3 is 0 Å². The van der Waals surface area contributed by atoms with Crippen LogP contribution >= 0.6 is 0 Å². The molecule has 2 bridgehead atoms. The number of nitrogens with zero attached hydrogens (tertiary/aromatic N) is 1. The predicted molar refractivity (Wildman–Crippen MR) is 79.6 cm³/mol. The number of nitrogens with two attached hydrogens (primary N) is 1. The number of hydrogen-bond donors (Lipinski definition) is 2. The first kappa shape index (κ1) is 13.8. The van der Waals surface area contributed by atoms with E-state index in [-0.39, 0.29) is 5.54 Å². The molecule has 19 heavy (non-hydrogen) atoms. The predicted octanol–water partition coefficient (Wildman–Crippen LogP) is 2.52. The fourth-order valence-corrected chi connectivity index (χ4v) is 5.22. The Morgan fingerprint density at radius 2 is 1.84 bits per heavy atom. The largest absolute Gasteiger partial charge is 0.297 e. The highest BCUT2D eigenvalue weighted by Gasteiger charge is 2.48. The van der Waals surface area contributed by atoms with Crippen molar-refractivity contribution in [2.75, 3.05) is 13.1 Å². The van der Waals surface area contributed by atoms with Crippen molar-refractivity contribution < 1.29 is 0 Å². The molecule has 3 heteroatoms. The van der Waals surface area contributed by atoms with Crippen LogP contribution in [0.2, 0.25) is 0 Å². The zero-order chi connectivity index (χ0) is 13.5. The SMILES string of the molecule is CC(C)(C(NN)C1CC2CCC1C2)N1CCCCC1. The Balaban J connectivity index is 1.73. The monoisotopic (exact) mass is 265 g/mol. The molecule has 3 fully saturated rings. The minimum absolute atomic E-state index is 0.199. The fourth-order valence-electron chi connectivity index (χ4n) is 5.22. The molecule has 3 N–H and O–H groups in total. The third-order valence-electron chi connectivity index (χ3n) is 6.33. The molecule has 2 saturated carbocycles. The summed E-state index contributed by atoms with van der Waals surface area (Å²) in [5.41, 5.74) is 3.42. The van der Waals surface area contributed by atoms with Crippen LogP contribution in [-0.2, 0) is 0 Å². The van der Waals surface area contributed by atoms with E-state index < -0.39 is 0 Å². The van der Waals surface area contributed by atoms with Gasteiger partial charge in [0, 0.05) is 11.6 Å². The van der Waals surface area contributed by atoms with E-state index in [9.17, 15) is 0 Å². The summed E-state index contributed by atoms with van der Waals surface area (Å²) in [7, 11) is 0. The smallest absolute Gasteiger partial charge is 0.0420 e. The van der Waals surface area contributed by atoms with Gasteiger partial charge in [0.25, 0.3) is 0 Å². The quantitative estimate of drug-likeness (QED) is 0.606. The summed E-state index contributed by atoms with van der Waals surface area (Å²) < 4.78 is 0. The van der Waals surface area contributed by atoms with Gasteiger partial charge in [-0.05, 0) is 76.8 Å². The van der Waals surface area contributed by atoms with Crippen LogP contribution in [-0.4, -0.2) is 29.6 Å². The van der Waals surface area contributed by atoms with Gasteiger partial charge in [-0.2, -0.15) is 0 Å². The molecule has 1 heterocycles. The lowest BCUT2D eigenvalue weighted by Gasteiger charge is -2.49. The molecule has 0 spiro atoms. The summed E-state index contributed by atoms with van der Waals surface area (Å²) in [6.07, 6.45) is 9.93. The maximum atomic E-state index is 6.00. The number of rotatable bonds is 4. The van der Waals surface area contributed by atoms with Gasteiger partial charge in [0.15, 0.2) is 0 Å². The van der Waals surface area contributed by atoms with E-state index in [2.05, 4.69) is 24.2 Å². The highest BCUT2D eigenvalue weighted by molar-refractivity contribution is 5.03. The Bertz CT molecular complexity index is 309. The van der Waals surface area contributed by atoms with Crippen molar-refractivity contribution in [1.82, 2.24) is 10.3 Å². The lowest BCUT2D eigenvalue weighted by atomic mass is 9.75. The molecule has 0 aromatic heterocycles. The standard InChI is InChI=1S/C16H31N3/c1-16(2,19-8-4-3-5-9-19)15(18-17)14-11-12-6-7-13(14)10-12/h12-15,18H,3-11,17H2,1-2H3. The molecule has 110 valence electrons. The van der Waals surface area contributed by atoms with Crippen molar-refractivity contribution >= 4 is 0 Å². The molecule has 3 nitrogen and oxygen atoms in total. The Hall–Kier alpha value is -0.120. The highest BCUT2D eigenvalue weighted by atomic mass is 15.3. The van der Waals surface area contributed by atoms with Gasteiger partial charge in [-0.25, -0.2) is 0 Å². The van der Waals surface area contributed by atoms with Gasteiger partial charge in [-0.1, -0.05) is 12.8 Å². The maximum Gasteiger partial charge on any atom is 0.0420 e. The second-order valence-electron chi connectivity index (χ2n) is 7.68. The van der Waals surface area contributed by atoms with Crippen LogP contribution in [0.1, 0.15) is 58.8 Å². The van der Waals surface area contributed by atoms with Crippen molar-refractivity contribution in [3.05, 3.63) is 0 Å².